The molecule has 0 radical (unpaired) electrons. The second-order valence-electron chi connectivity index (χ2n) is 4.09. The van der Waals surface area contributed by atoms with E-state index in [0.29, 0.717) is 22.2 Å². The SMILES string of the molecule is CC(C)C(C)SC(=O)c1ccc(N)cc1Cl. The van der Waals surface area contributed by atoms with Crippen molar-refractivity contribution in [1.29, 1.82) is 0 Å². The Balaban J connectivity index is 2.81. The number of hydrogen-bond acceptors (Lipinski definition) is 3. The summed E-state index contributed by atoms with van der Waals surface area (Å²) in [6, 6.07) is 4.98. The van der Waals surface area contributed by atoms with Crippen molar-refractivity contribution in [2.75, 3.05) is 5.73 Å². The molecule has 0 spiro atoms. The highest BCUT2D eigenvalue weighted by molar-refractivity contribution is 8.14. The molecule has 0 saturated carbocycles. The summed E-state index contributed by atoms with van der Waals surface area (Å²) >= 11 is 7.29. The van der Waals surface area contributed by atoms with Gasteiger partial charge in [0.25, 0.3) is 0 Å². The molecule has 0 bridgehead atoms. The summed E-state index contributed by atoms with van der Waals surface area (Å²) in [5.74, 6) is 0.460. The molecule has 0 fully saturated rings. The molecule has 16 heavy (non-hydrogen) atoms. The smallest absolute Gasteiger partial charge is 0.221 e. The number of carbonyl (C=O) groups excluding carboxylic acids is 1. The second kappa shape index (κ2) is 5.60. The molecule has 0 aromatic heterocycles. The number of nitrogens with two attached hydrogens (primary N) is 1. The Labute approximate surface area is 106 Å². The van der Waals surface area contributed by atoms with Gasteiger partial charge in [0.2, 0.25) is 5.12 Å². The van der Waals surface area contributed by atoms with Crippen molar-refractivity contribution < 1.29 is 4.79 Å². The maximum atomic E-state index is 11.9. The van der Waals surface area contributed by atoms with Gasteiger partial charge in [-0.25, -0.2) is 0 Å². The fourth-order valence-corrected chi connectivity index (χ4v) is 2.31. The Hall–Kier alpha value is -0.670. The molecule has 0 aliphatic heterocycles. The summed E-state index contributed by atoms with van der Waals surface area (Å²) in [5.41, 5.74) is 6.68. The third-order valence-electron chi connectivity index (χ3n) is 2.44. The van der Waals surface area contributed by atoms with Crippen LogP contribution in [0.3, 0.4) is 0 Å². The Kier molecular flexibility index (Phi) is 4.69. The third kappa shape index (κ3) is 3.42. The maximum Gasteiger partial charge on any atom is 0.221 e. The molecular formula is C12H16ClNOS. The molecule has 1 unspecified atom stereocenters. The molecule has 1 aromatic rings. The van der Waals surface area contributed by atoms with Gasteiger partial charge in [0.15, 0.2) is 0 Å². The minimum atomic E-state index is 0.00574. The fourth-order valence-electron chi connectivity index (χ4n) is 1.07. The van der Waals surface area contributed by atoms with E-state index in [9.17, 15) is 4.79 Å². The molecule has 1 rings (SSSR count). The maximum absolute atomic E-state index is 11.9. The number of carbonyl (C=O) groups is 1. The first-order chi connectivity index (χ1) is 7.41. The first-order valence-corrected chi connectivity index (χ1v) is 6.43. The molecule has 0 aliphatic carbocycles. The molecule has 1 atom stereocenters. The molecule has 1 aromatic carbocycles. The van der Waals surface area contributed by atoms with E-state index in [2.05, 4.69) is 13.8 Å². The first-order valence-electron chi connectivity index (χ1n) is 5.18. The normalized spacial score (nSPS) is 12.8. The van der Waals surface area contributed by atoms with Crippen molar-refractivity contribution in [3.63, 3.8) is 0 Å². The summed E-state index contributed by atoms with van der Waals surface area (Å²) < 4.78 is 0. The lowest BCUT2D eigenvalue weighted by Crippen LogP contribution is -2.10. The Morgan fingerprint density at radius 3 is 2.50 bits per heavy atom. The van der Waals surface area contributed by atoms with Crippen LogP contribution in [0.25, 0.3) is 0 Å². The minimum Gasteiger partial charge on any atom is -0.399 e. The van der Waals surface area contributed by atoms with Crippen LogP contribution in [0.1, 0.15) is 31.1 Å². The van der Waals surface area contributed by atoms with Crippen molar-refractivity contribution in [2.45, 2.75) is 26.0 Å². The highest BCUT2D eigenvalue weighted by atomic mass is 35.5. The van der Waals surface area contributed by atoms with Crippen LogP contribution in [-0.4, -0.2) is 10.4 Å². The molecule has 88 valence electrons. The quantitative estimate of drug-likeness (QED) is 0.837. The molecule has 4 heteroatoms. The van der Waals surface area contributed by atoms with Crippen LogP contribution in [0, 0.1) is 5.92 Å². The van der Waals surface area contributed by atoms with Gasteiger partial charge in [-0.15, -0.1) is 0 Å². The van der Waals surface area contributed by atoms with Gasteiger partial charge in [0.1, 0.15) is 0 Å². The summed E-state index contributed by atoms with van der Waals surface area (Å²) in [4.78, 5) is 11.9. The van der Waals surface area contributed by atoms with Crippen molar-refractivity contribution >= 4 is 34.2 Å². The summed E-state index contributed by atoms with van der Waals surface area (Å²) in [6.07, 6.45) is 0. The van der Waals surface area contributed by atoms with E-state index in [0.717, 1.165) is 0 Å². The van der Waals surface area contributed by atoms with Crippen LogP contribution in [0.2, 0.25) is 5.02 Å². The van der Waals surface area contributed by atoms with Gasteiger partial charge in [-0.3, -0.25) is 4.79 Å². The van der Waals surface area contributed by atoms with Crippen LogP contribution in [0.4, 0.5) is 5.69 Å². The molecule has 0 aliphatic rings. The van der Waals surface area contributed by atoms with Gasteiger partial charge in [-0.05, 0) is 24.1 Å². The van der Waals surface area contributed by atoms with E-state index in [4.69, 9.17) is 17.3 Å². The second-order valence-corrected chi connectivity index (χ2v) is 5.85. The molecule has 2 N–H and O–H groups in total. The summed E-state index contributed by atoms with van der Waals surface area (Å²) in [6.45, 7) is 6.23. The zero-order valence-corrected chi connectivity index (χ0v) is 11.2. The average Bonchev–Trinajstić information content (AvgIpc) is 2.16. The van der Waals surface area contributed by atoms with E-state index >= 15 is 0 Å². The van der Waals surface area contributed by atoms with E-state index in [-0.39, 0.29) is 10.4 Å². The van der Waals surface area contributed by atoms with Crippen LogP contribution in [0.5, 0.6) is 0 Å². The van der Waals surface area contributed by atoms with E-state index in [1.54, 1.807) is 18.2 Å². The van der Waals surface area contributed by atoms with Crippen molar-refractivity contribution in [3.8, 4) is 0 Å². The molecule has 2 nitrogen and oxygen atoms in total. The van der Waals surface area contributed by atoms with Gasteiger partial charge in [0, 0.05) is 16.5 Å². The van der Waals surface area contributed by atoms with E-state index < -0.39 is 0 Å². The number of nitrogen functional groups attached to an aromatic ring is 1. The lowest BCUT2D eigenvalue weighted by molar-refractivity contribution is 0.108. The number of halogens is 1. The summed E-state index contributed by atoms with van der Waals surface area (Å²) in [5, 5.41) is 0.709. The van der Waals surface area contributed by atoms with Crippen LogP contribution < -0.4 is 5.73 Å². The number of rotatable bonds is 3. The Bertz CT molecular complexity index is 393. The fraction of sp³-hybridized carbons (Fsp3) is 0.417. The van der Waals surface area contributed by atoms with Crippen LogP contribution in [-0.2, 0) is 0 Å². The number of benzene rings is 1. The minimum absolute atomic E-state index is 0.00574. The van der Waals surface area contributed by atoms with Gasteiger partial charge in [0.05, 0.1) is 5.02 Å². The first kappa shape index (κ1) is 13.4. The standard InChI is InChI=1S/C12H16ClNOS/c1-7(2)8(3)16-12(15)10-5-4-9(14)6-11(10)13/h4-8H,14H2,1-3H3. The molecular weight excluding hydrogens is 242 g/mol. The zero-order valence-electron chi connectivity index (χ0n) is 9.66. The molecule has 0 heterocycles. The average molecular weight is 258 g/mol. The van der Waals surface area contributed by atoms with Crippen molar-refractivity contribution in [3.05, 3.63) is 28.8 Å². The predicted octanol–water partition coefficient (Wildman–Crippen LogP) is 3.84. The lowest BCUT2D eigenvalue weighted by Gasteiger charge is -2.14. The Morgan fingerprint density at radius 1 is 1.38 bits per heavy atom. The molecule has 0 amide bonds. The Morgan fingerprint density at radius 2 is 2.00 bits per heavy atom. The van der Waals surface area contributed by atoms with Crippen molar-refractivity contribution in [1.82, 2.24) is 0 Å². The molecule has 0 saturated heterocycles. The topological polar surface area (TPSA) is 43.1 Å². The van der Waals surface area contributed by atoms with Crippen molar-refractivity contribution in [2.24, 2.45) is 5.92 Å². The zero-order chi connectivity index (χ0) is 12.3. The lowest BCUT2D eigenvalue weighted by atomic mass is 10.2. The van der Waals surface area contributed by atoms with Crippen LogP contribution in [0.15, 0.2) is 18.2 Å². The monoisotopic (exact) mass is 257 g/mol. The highest BCUT2D eigenvalue weighted by Gasteiger charge is 2.17. The van der Waals surface area contributed by atoms with Gasteiger partial charge in [-0.1, -0.05) is 44.1 Å². The van der Waals surface area contributed by atoms with Gasteiger partial charge < -0.3 is 5.73 Å². The number of hydrogen-bond donors (Lipinski definition) is 1. The summed E-state index contributed by atoms with van der Waals surface area (Å²) in [7, 11) is 0. The third-order valence-corrected chi connectivity index (χ3v) is 4.11. The number of anilines is 1. The van der Waals surface area contributed by atoms with E-state index in [1.165, 1.54) is 11.8 Å². The largest absolute Gasteiger partial charge is 0.399 e. The van der Waals surface area contributed by atoms with Gasteiger partial charge in [-0.2, -0.15) is 0 Å². The van der Waals surface area contributed by atoms with Crippen LogP contribution >= 0.6 is 23.4 Å². The van der Waals surface area contributed by atoms with Gasteiger partial charge >= 0.3 is 0 Å². The van der Waals surface area contributed by atoms with E-state index in [1.807, 2.05) is 6.92 Å². The number of thioether (sulfide) groups is 1. The predicted molar refractivity (Wildman–Crippen MR) is 72.1 cm³/mol. The highest BCUT2D eigenvalue weighted by Crippen LogP contribution is 2.28.